The molecule has 108 valence electrons. The third-order valence-electron chi connectivity index (χ3n) is 4.00. The average molecular weight is 290 g/mol. The third-order valence-corrected chi connectivity index (χ3v) is 4.00. The fourth-order valence-electron chi connectivity index (χ4n) is 2.88. The highest BCUT2D eigenvalue weighted by Gasteiger charge is 2.33. The van der Waals surface area contributed by atoms with Gasteiger partial charge in [0.1, 0.15) is 12.1 Å². The molecule has 0 amide bonds. The molecule has 2 N–H and O–H groups in total. The van der Waals surface area contributed by atoms with Gasteiger partial charge in [0.2, 0.25) is 0 Å². The number of hydrazone groups is 2. The number of nitrogens with one attached hydrogen (secondary N) is 2. The first-order chi connectivity index (χ1) is 10.8. The lowest BCUT2D eigenvalue weighted by atomic mass is 9.89. The molecule has 4 rings (SSSR count). The van der Waals surface area contributed by atoms with Gasteiger partial charge in [-0.15, -0.1) is 0 Å². The van der Waals surface area contributed by atoms with Gasteiger partial charge in [-0.3, -0.25) is 15.6 Å². The zero-order chi connectivity index (χ0) is 14.9. The van der Waals surface area contributed by atoms with Crippen LogP contribution in [0.3, 0.4) is 0 Å². The smallest absolute Gasteiger partial charge is 0.189 e. The van der Waals surface area contributed by atoms with Crippen molar-refractivity contribution in [2.75, 3.05) is 0 Å². The molecule has 0 bridgehead atoms. The van der Waals surface area contributed by atoms with Crippen molar-refractivity contribution >= 4 is 18.2 Å². The molecule has 2 unspecified atom stereocenters. The second kappa shape index (κ2) is 5.11. The molecule has 5 nitrogen and oxygen atoms in total. The van der Waals surface area contributed by atoms with Crippen molar-refractivity contribution in [1.29, 1.82) is 0 Å². The molecule has 5 heteroatoms. The molecule has 2 aromatic carbocycles. The lowest BCUT2D eigenvalue weighted by Gasteiger charge is -2.27. The number of nitrogens with zero attached hydrogens (tertiary/aromatic N) is 2. The number of hydrogen-bond acceptors (Lipinski definition) is 5. The van der Waals surface area contributed by atoms with E-state index in [-0.39, 0.29) is 5.78 Å². The van der Waals surface area contributed by atoms with E-state index >= 15 is 0 Å². The number of benzene rings is 2. The fraction of sp³-hybridized carbons (Fsp3) is 0.118. The van der Waals surface area contributed by atoms with Crippen LogP contribution in [0, 0.1) is 0 Å². The Labute approximate surface area is 127 Å². The first-order valence-corrected chi connectivity index (χ1v) is 7.13. The first kappa shape index (κ1) is 12.8. The Bertz CT molecular complexity index is 731. The summed E-state index contributed by atoms with van der Waals surface area (Å²) in [5.74, 6) is 0.00796. The van der Waals surface area contributed by atoms with E-state index in [9.17, 15) is 4.79 Å². The van der Waals surface area contributed by atoms with E-state index in [1.807, 2.05) is 48.5 Å². The van der Waals surface area contributed by atoms with Gasteiger partial charge in [-0.05, 0) is 11.1 Å². The highest BCUT2D eigenvalue weighted by atomic mass is 16.1. The summed E-state index contributed by atoms with van der Waals surface area (Å²) in [6.45, 7) is 0. The average Bonchev–Trinajstić information content (AvgIpc) is 2.60. The van der Waals surface area contributed by atoms with E-state index in [1.54, 1.807) is 12.4 Å². The van der Waals surface area contributed by atoms with Crippen LogP contribution in [0.4, 0.5) is 0 Å². The van der Waals surface area contributed by atoms with Gasteiger partial charge in [0.25, 0.3) is 0 Å². The molecule has 0 spiro atoms. The van der Waals surface area contributed by atoms with Crippen molar-refractivity contribution < 1.29 is 4.79 Å². The molecule has 2 atom stereocenters. The van der Waals surface area contributed by atoms with Crippen molar-refractivity contribution in [3.8, 4) is 0 Å². The minimum absolute atomic E-state index is 0.00796. The summed E-state index contributed by atoms with van der Waals surface area (Å²) >= 11 is 0. The Morgan fingerprint density at radius 2 is 1.23 bits per heavy atom. The van der Waals surface area contributed by atoms with Gasteiger partial charge in [-0.2, -0.15) is 10.2 Å². The standard InChI is InChI=1S/C17H14N4O/c22-17(15-13-7-3-1-5-11(13)9-18-20-15)16-14-8-4-2-6-12(14)10-19-21-16/h1-10,15-16,20-21H. The third kappa shape index (κ3) is 1.98. The minimum Gasteiger partial charge on any atom is -0.295 e. The molecule has 0 fully saturated rings. The Kier molecular flexibility index (Phi) is 2.96. The van der Waals surface area contributed by atoms with Crippen LogP contribution in [0.2, 0.25) is 0 Å². The molecule has 2 aliphatic rings. The molecule has 22 heavy (non-hydrogen) atoms. The molecule has 0 radical (unpaired) electrons. The van der Waals surface area contributed by atoms with Crippen molar-refractivity contribution in [2.45, 2.75) is 12.1 Å². The molecule has 2 aromatic rings. The van der Waals surface area contributed by atoms with Gasteiger partial charge < -0.3 is 0 Å². The van der Waals surface area contributed by atoms with Gasteiger partial charge in [0.15, 0.2) is 5.78 Å². The van der Waals surface area contributed by atoms with Crippen LogP contribution < -0.4 is 10.9 Å². The first-order valence-electron chi connectivity index (χ1n) is 7.13. The van der Waals surface area contributed by atoms with Crippen molar-refractivity contribution in [2.24, 2.45) is 10.2 Å². The monoisotopic (exact) mass is 290 g/mol. The van der Waals surface area contributed by atoms with Crippen LogP contribution in [0.5, 0.6) is 0 Å². The molecule has 0 aromatic heterocycles. The van der Waals surface area contributed by atoms with Gasteiger partial charge in [-0.1, -0.05) is 48.5 Å². The Balaban J connectivity index is 1.72. The molecular formula is C17H14N4O. The Morgan fingerprint density at radius 1 is 0.773 bits per heavy atom. The van der Waals surface area contributed by atoms with Gasteiger partial charge in [-0.25, -0.2) is 0 Å². The molecule has 2 aliphatic heterocycles. The highest BCUT2D eigenvalue weighted by molar-refractivity contribution is 5.97. The normalized spacial score (nSPS) is 21.3. The maximum atomic E-state index is 13.0. The molecule has 0 aliphatic carbocycles. The summed E-state index contributed by atoms with van der Waals surface area (Å²) < 4.78 is 0. The highest BCUT2D eigenvalue weighted by Crippen LogP contribution is 2.29. The number of fused-ring (bicyclic) bond motifs is 2. The maximum absolute atomic E-state index is 13.0. The van der Waals surface area contributed by atoms with Gasteiger partial charge >= 0.3 is 0 Å². The number of carbonyl (C=O) groups is 1. The maximum Gasteiger partial charge on any atom is 0.189 e. The van der Waals surface area contributed by atoms with Crippen molar-refractivity contribution in [1.82, 2.24) is 10.9 Å². The Morgan fingerprint density at radius 3 is 1.73 bits per heavy atom. The van der Waals surface area contributed by atoms with Crippen molar-refractivity contribution in [3.63, 3.8) is 0 Å². The zero-order valence-electron chi connectivity index (χ0n) is 11.7. The number of ketones is 1. The van der Waals surface area contributed by atoms with Gasteiger partial charge in [0.05, 0.1) is 12.4 Å². The van der Waals surface area contributed by atoms with Crippen LogP contribution in [0.25, 0.3) is 0 Å². The minimum atomic E-state index is -0.472. The van der Waals surface area contributed by atoms with Crippen molar-refractivity contribution in [3.05, 3.63) is 70.8 Å². The number of carbonyl (C=O) groups excluding carboxylic acids is 1. The molecular weight excluding hydrogens is 276 g/mol. The van der Waals surface area contributed by atoms with E-state index in [0.717, 1.165) is 22.3 Å². The van der Waals surface area contributed by atoms with Crippen LogP contribution in [-0.4, -0.2) is 18.2 Å². The number of rotatable bonds is 2. The lowest BCUT2D eigenvalue weighted by Crippen LogP contribution is -2.38. The van der Waals surface area contributed by atoms with E-state index in [1.165, 1.54) is 0 Å². The predicted octanol–water partition coefficient (Wildman–Crippen LogP) is 1.91. The van der Waals surface area contributed by atoms with E-state index in [0.29, 0.717) is 0 Å². The van der Waals surface area contributed by atoms with E-state index in [2.05, 4.69) is 21.1 Å². The summed E-state index contributed by atoms with van der Waals surface area (Å²) in [6, 6.07) is 14.6. The van der Waals surface area contributed by atoms with E-state index < -0.39 is 12.1 Å². The summed E-state index contributed by atoms with van der Waals surface area (Å²) in [5.41, 5.74) is 9.67. The largest absolute Gasteiger partial charge is 0.295 e. The zero-order valence-corrected chi connectivity index (χ0v) is 11.7. The second-order valence-electron chi connectivity index (χ2n) is 5.30. The summed E-state index contributed by atoms with van der Waals surface area (Å²) in [5, 5.41) is 8.22. The van der Waals surface area contributed by atoms with Crippen LogP contribution in [-0.2, 0) is 4.79 Å². The lowest BCUT2D eigenvalue weighted by molar-refractivity contribution is -0.123. The molecule has 0 saturated carbocycles. The van der Waals surface area contributed by atoms with E-state index in [4.69, 9.17) is 0 Å². The fourth-order valence-corrected chi connectivity index (χ4v) is 2.88. The summed E-state index contributed by atoms with van der Waals surface area (Å²) in [7, 11) is 0. The van der Waals surface area contributed by atoms with Crippen LogP contribution in [0.15, 0.2) is 58.7 Å². The predicted molar refractivity (Wildman–Crippen MR) is 84.8 cm³/mol. The number of hydrogen-bond donors (Lipinski definition) is 2. The van der Waals surface area contributed by atoms with Crippen LogP contribution >= 0.6 is 0 Å². The Hall–Kier alpha value is -2.95. The molecule has 2 heterocycles. The SMILES string of the molecule is O=C(C1NN=Cc2ccccc21)C1NN=Cc2ccccc21. The summed E-state index contributed by atoms with van der Waals surface area (Å²) in [4.78, 5) is 13.0. The molecule has 0 saturated heterocycles. The second-order valence-corrected chi connectivity index (χ2v) is 5.30. The quantitative estimate of drug-likeness (QED) is 0.888. The van der Waals surface area contributed by atoms with Crippen LogP contribution in [0.1, 0.15) is 34.3 Å². The topological polar surface area (TPSA) is 65.8 Å². The van der Waals surface area contributed by atoms with Gasteiger partial charge in [0, 0.05) is 11.1 Å². The number of Topliss-reactive ketones (excluding diaryl/α,β-unsaturated/α-hetero) is 1. The summed E-state index contributed by atoms with van der Waals surface area (Å²) in [6.07, 6.45) is 3.47.